The Labute approximate surface area is 166 Å². The molecule has 2 aromatic rings. The summed E-state index contributed by atoms with van der Waals surface area (Å²) < 4.78 is 11.7. The van der Waals surface area contributed by atoms with Crippen LogP contribution in [0.5, 0.6) is 11.5 Å². The summed E-state index contributed by atoms with van der Waals surface area (Å²) >= 11 is 12.4. The zero-order chi connectivity index (χ0) is 18.8. The normalized spacial score (nSPS) is 10.8. The van der Waals surface area contributed by atoms with E-state index in [4.69, 9.17) is 32.7 Å². The first-order valence-electron chi connectivity index (χ1n) is 9.17. The van der Waals surface area contributed by atoms with E-state index in [1.54, 1.807) is 0 Å². The highest BCUT2D eigenvalue weighted by Crippen LogP contribution is 2.31. The summed E-state index contributed by atoms with van der Waals surface area (Å²) in [5.41, 5.74) is 1.95. The van der Waals surface area contributed by atoms with E-state index in [9.17, 15) is 0 Å². The molecule has 0 aliphatic carbocycles. The van der Waals surface area contributed by atoms with E-state index in [0.29, 0.717) is 29.0 Å². The van der Waals surface area contributed by atoms with Crippen molar-refractivity contribution >= 4 is 23.2 Å². The number of unbranched alkanes of at least 4 members (excludes halogenated alkanes) is 2. The van der Waals surface area contributed by atoms with Crippen molar-refractivity contribution in [3.8, 4) is 11.5 Å². The van der Waals surface area contributed by atoms with Crippen LogP contribution in [0.15, 0.2) is 36.4 Å². The van der Waals surface area contributed by atoms with Crippen molar-refractivity contribution in [1.29, 1.82) is 0 Å². The third-order valence-corrected chi connectivity index (χ3v) is 4.74. The van der Waals surface area contributed by atoms with E-state index in [1.807, 2.05) is 37.3 Å². The van der Waals surface area contributed by atoms with Crippen LogP contribution in [0.4, 0.5) is 0 Å². The van der Waals surface area contributed by atoms with E-state index in [1.165, 1.54) is 24.8 Å². The number of halogens is 2. The maximum atomic E-state index is 6.21. The molecule has 0 spiro atoms. The number of ether oxygens (including phenoxy) is 2. The summed E-state index contributed by atoms with van der Waals surface area (Å²) in [7, 11) is 0. The quantitative estimate of drug-likeness (QED) is 0.456. The zero-order valence-electron chi connectivity index (χ0n) is 15.5. The Morgan fingerprint density at radius 1 is 0.923 bits per heavy atom. The smallest absolute Gasteiger partial charge is 0.161 e. The Kier molecular flexibility index (Phi) is 9.10. The summed E-state index contributed by atoms with van der Waals surface area (Å²) in [6.07, 6.45) is 3.70. The van der Waals surface area contributed by atoms with Crippen LogP contribution < -0.4 is 14.8 Å². The first kappa shape index (κ1) is 20.9. The van der Waals surface area contributed by atoms with Gasteiger partial charge >= 0.3 is 0 Å². The molecule has 0 atom stereocenters. The van der Waals surface area contributed by atoms with E-state index < -0.39 is 0 Å². The Bertz CT molecular complexity index is 671. The maximum Gasteiger partial charge on any atom is 0.161 e. The summed E-state index contributed by atoms with van der Waals surface area (Å²) in [4.78, 5) is 0. The number of benzene rings is 2. The van der Waals surface area contributed by atoms with Crippen molar-refractivity contribution < 1.29 is 9.47 Å². The molecule has 2 rings (SSSR count). The van der Waals surface area contributed by atoms with Gasteiger partial charge in [0.05, 0.1) is 6.61 Å². The van der Waals surface area contributed by atoms with Crippen LogP contribution in [-0.4, -0.2) is 13.2 Å². The van der Waals surface area contributed by atoms with Crippen LogP contribution in [-0.2, 0) is 13.2 Å². The van der Waals surface area contributed by atoms with Gasteiger partial charge in [0.1, 0.15) is 6.61 Å². The molecule has 0 bridgehead atoms. The van der Waals surface area contributed by atoms with E-state index in [2.05, 4.69) is 18.3 Å². The predicted molar refractivity (Wildman–Crippen MR) is 110 cm³/mol. The predicted octanol–water partition coefficient (Wildman–Crippen LogP) is 6.25. The molecule has 1 N–H and O–H groups in total. The standard InChI is InChI=1S/C21H27Cl2NO2/c1-3-5-6-12-24-14-16-10-11-20(21(13-16)25-4-2)26-15-17-18(22)8-7-9-19(17)23/h7-11,13,24H,3-6,12,14-15H2,1-2H3. The molecule has 142 valence electrons. The number of rotatable bonds is 11. The van der Waals surface area contributed by atoms with Crippen LogP contribution in [0, 0.1) is 0 Å². The minimum atomic E-state index is 0.299. The fourth-order valence-corrected chi connectivity index (χ4v) is 3.11. The monoisotopic (exact) mass is 395 g/mol. The van der Waals surface area contributed by atoms with E-state index in [0.717, 1.165) is 24.4 Å². The van der Waals surface area contributed by atoms with Gasteiger partial charge in [-0.25, -0.2) is 0 Å². The number of nitrogens with one attached hydrogen (secondary N) is 1. The Balaban J connectivity index is 2.01. The lowest BCUT2D eigenvalue weighted by molar-refractivity contribution is 0.269. The Hall–Kier alpha value is -1.42. The van der Waals surface area contributed by atoms with E-state index >= 15 is 0 Å². The SMILES string of the molecule is CCCCCNCc1ccc(OCc2c(Cl)cccc2Cl)c(OCC)c1. The second-order valence-electron chi connectivity index (χ2n) is 6.09. The van der Waals surface area contributed by atoms with Crippen molar-refractivity contribution in [3.63, 3.8) is 0 Å². The third-order valence-electron chi connectivity index (χ3n) is 4.03. The van der Waals surface area contributed by atoms with Crippen LogP contribution in [0.25, 0.3) is 0 Å². The molecule has 5 heteroatoms. The topological polar surface area (TPSA) is 30.5 Å². The lowest BCUT2D eigenvalue weighted by Crippen LogP contribution is -2.14. The van der Waals surface area contributed by atoms with Gasteiger partial charge in [-0.3, -0.25) is 0 Å². The summed E-state index contributed by atoms with van der Waals surface area (Å²) in [5.74, 6) is 1.43. The van der Waals surface area contributed by atoms with Gasteiger partial charge in [-0.05, 0) is 49.7 Å². The molecule has 3 nitrogen and oxygen atoms in total. The fourth-order valence-electron chi connectivity index (χ4n) is 2.60. The van der Waals surface area contributed by atoms with Gasteiger partial charge in [0.2, 0.25) is 0 Å². The molecule has 0 amide bonds. The van der Waals surface area contributed by atoms with Crippen molar-refractivity contribution in [2.45, 2.75) is 46.3 Å². The van der Waals surface area contributed by atoms with Gasteiger partial charge in [-0.15, -0.1) is 0 Å². The highest BCUT2D eigenvalue weighted by atomic mass is 35.5. The van der Waals surface area contributed by atoms with Crippen LogP contribution >= 0.6 is 23.2 Å². The molecule has 0 saturated heterocycles. The minimum absolute atomic E-state index is 0.299. The van der Waals surface area contributed by atoms with Gasteiger partial charge < -0.3 is 14.8 Å². The molecule has 0 unspecified atom stereocenters. The molecule has 0 radical (unpaired) electrons. The molecule has 0 aliphatic heterocycles. The number of hydrogen-bond donors (Lipinski definition) is 1. The minimum Gasteiger partial charge on any atom is -0.490 e. The van der Waals surface area contributed by atoms with Gasteiger partial charge in [0.15, 0.2) is 11.5 Å². The zero-order valence-corrected chi connectivity index (χ0v) is 17.0. The molecule has 0 aromatic heterocycles. The first-order chi connectivity index (χ1) is 12.7. The van der Waals surface area contributed by atoms with Crippen molar-refractivity contribution in [2.24, 2.45) is 0 Å². The number of hydrogen-bond acceptors (Lipinski definition) is 3. The van der Waals surface area contributed by atoms with Crippen molar-refractivity contribution in [1.82, 2.24) is 5.32 Å². The van der Waals surface area contributed by atoms with Gasteiger partial charge in [-0.2, -0.15) is 0 Å². The van der Waals surface area contributed by atoms with Crippen LogP contribution in [0.3, 0.4) is 0 Å². The van der Waals surface area contributed by atoms with Crippen LogP contribution in [0.2, 0.25) is 10.0 Å². The molecule has 0 aliphatic rings. The Morgan fingerprint density at radius 3 is 2.38 bits per heavy atom. The fraction of sp³-hybridized carbons (Fsp3) is 0.429. The van der Waals surface area contributed by atoms with Gasteiger partial charge in [-0.1, -0.05) is 55.1 Å². The average Bonchev–Trinajstić information content (AvgIpc) is 2.63. The largest absolute Gasteiger partial charge is 0.490 e. The third kappa shape index (κ3) is 6.39. The highest BCUT2D eigenvalue weighted by molar-refractivity contribution is 6.35. The summed E-state index contributed by atoms with van der Waals surface area (Å²) in [5, 5.41) is 4.67. The summed E-state index contributed by atoms with van der Waals surface area (Å²) in [6.45, 7) is 6.90. The van der Waals surface area contributed by atoms with E-state index in [-0.39, 0.29) is 0 Å². The van der Waals surface area contributed by atoms with Crippen molar-refractivity contribution in [2.75, 3.05) is 13.2 Å². The molecule has 0 fully saturated rings. The second kappa shape index (κ2) is 11.3. The lowest BCUT2D eigenvalue weighted by Gasteiger charge is -2.15. The maximum absolute atomic E-state index is 6.21. The molecule has 26 heavy (non-hydrogen) atoms. The average molecular weight is 396 g/mol. The summed E-state index contributed by atoms with van der Waals surface area (Å²) in [6, 6.07) is 11.5. The first-order valence-corrected chi connectivity index (χ1v) is 9.93. The molecular formula is C21H27Cl2NO2. The van der Waals surface area contributed by atoms with Crippen molar-refractivity contribution in [3.05, 3.63) is 57.6 Å². The van der Waals surface area contributed by atoms with Gasteiger partial charge in [0.25, 0.3) is 0 Å². The second-order valence-corrected chi connectivity index (χ2v) is 6.90. The molecular weight excluding hydrogens is 369 g/mol. The Morgan fingerprint density at radius 2 is 1.69 bits per heavy atom. The van der Waals surface area contributed by atoms with Crippen LogP contribution in [0.1, 0.15) is 44.2 Å². The highest BCUT2D eigenvalue weighted by Gasteiger charge is 2.10. The lowest BCUT2D eigenvalue weighted by atomic mass is 10.2. The molecule has 0 saturated carbocycles. The van der Waals surface area contributed by atoms with Gasteiger partial charge in [0, 0.05) is 22.2 Å². The molecule has 0 heterocycles. The molecule has 2 aromatic carbocycles.